The summed E-state index contributed by atoms with van der Waals surface area (Å²) in [5.41, 5.74) is 2.73. The largest absolute Gasteiger partial charge is 0.360 e. The van der Waals surface area contributed by atoms with E-state index in [9.17, 15) is 9.59 Å². The minimum Gasteiger partial charge on any atom is -0.360 e. The molecule has 2 rings (SSSR count). The summed E-state index contributed by atoms with van der Waals surface area (Å²) in [6.07, 6.45) is 0. The van der Waals surface area contributed by atoms with Gasteiger partial charge in [0.25, 0.3) is 0 Å². The van der Waals surface area contributed by atoms with Crippen LogP contribution < -0.4 is 16.0 Å². The number of carbonyl (C=O) groups excluding carboxylic acids is 2. The second-order valence-electron chi connectivity index (χ2n) is 4.94. The maximum absolute atomic E-state index is 11.9. The molecular formula is C15H19N5O2S2. The average molecular weight is 365 g/mol. The van der Waals surface area contributed by atoms with Gasteiger partial charge in [0.15, 0.2) is 4.34 Å². The first-order chi connectivity index (χ1) is 11.5. The molecule has 24 heavy (non-hydrogen) atoms. The maximum atomic E-state index is 11.9. The third kappa shape index (κ3) is 5.20. The van der Waals surface area contributed by atoms with Gasteiger partial charge in [0.1, 0.15) is 0 Å². The number of benzene rings is 1. The van der Waals surface area contributed by atoms with Gasteiger partial charge in [-0.25, -0.2) is 4.79 Å². The summed E-state index contributed by atoms with van der Waals surface area (Å²) in [6.45, 7) is 6.61. The zero-order chi connectivity index (χ0) is 17.5. The summed E-state index contributed by atoms with van der Waals surface area (Å²) in [6, 6.07) is 5.07. The maximum Gasteiger partial charge on any atom is 0.325 e. The lowest BCUT2D eigenvalue weighted by Crippen LogP contribution is -2.35. The smallest absolute Gasteiger partial charge is 0.325 e. The molecule has 0 aliphatic carbocycles. The second kappa shape index (κ2) is 8.65. The molecule has 2 aromatic rings. The Labute approximate surface area is 148 Å². The first-order valence-corrected chi connectivity index (χ1v) is 9.17. The van der Waals surface area contributed by atoms with E-state index in [1.807, 2.05) is 32.9 Å². The molecule has 0 aliphatic heterocycles. The van der Waals surface area contributed by atoms with Crippen LogP contribution in [0, 0.1) is 13.8 Å². The molecule has 0 bridgehead atoms. The van der Waals surface area contributed by atoms with E-state index in [-0.39, 0.29) is 11.7 Å². The monoisotopic (exact) mass is 365 g/mol. The van der Waals surface area contributed by atoms with Gasteiger partial charge in [-0.1, -0.05) is 35.2 Å². The van der Waals surface area contributed by atoms with Crippen molar-refractivity contribution < 1.29 is 9.59 Å². The van der Waals surface area contributed by atoms with Gasteiger partial charge in [0.2, 0.25) is 11.0 Å². The highest BCUT2D eigenvalue weighted by Gasteiger charge is 2.12. The molecule has 3 N–H and O–H groups in total. The molecule has 0 atom stereocenters. The van der Waals surface area contributed by atoms with Crippen LogP contribution in [-0.4, -0.2) is 34.4 Å². The van der Waals surface area contributed by atoms with E-state index in [0.717, 1.165) is 17.7 Å². The molecule has 0 saturated heterocycles. The molecule has 9 heteroatoms. The van der Waals surface area contributed by atoms with Crippen molar-refractivity contribution in [2.75, 3.05) is 22.9 Å². The highest BCUT2D eigenvalue weighted by molar-refractivity contribution is 8.01. The van der Waals surface area contributed by atoms with Crippen LogP contribution in [0.4, 0.5) is 15.6 Å². The van der Waals surface area contributed by atoms with Gasteiger partial charge in [-0.2, -0.15) is 0 Å². The van der Waals surface area contributed by atoms with Gasteiger partial charge in [-0.3, -0.25) is 10.1 Å². The quantitative estimate of drug-likeness (QED) is 0.681. The Morgan fingerprint density at radius 2 is 2.04 bits per heavy atom. The molecule has 0 spiro atoms. The molecule has 3 amide bonds. The van der Waals surface area contributed by atoms with Gasteiger partial charge < -0.3 is 10.6 Å². The third-order valence-electron chi connectivity index (χ3n) is 3.17. The average Bonchev–Trinajstić information content (AvgIpc) is 2.98. The zero-order valence-corrected chi connectivity index (χ0v) is 15.3. The molecule has 0 saturated carbocycles. The Hall–Kier alpha value is -2.13. The lowest BCUT2D eigenvalue weighted by atomic mass is 10.1. The lowest BCUT2D eigenvalue weighted by Gasteiger charge is -2.10. The van der Waals surface area contributed by atoms with Crippen molar-refractivity contribution in [3.05, 3.63) is 29.3 Å². The van der Waals surface area contributed by atoms with Crippen molar-refractivity contribution in [1.29, 1.82) is 0 Å². The first-order valence-electron chi connectivity index (χ1n) is 7.36. The highest BCUT2D eigenvalue weighted by Crippen LogP contribution is 2.25. The molecule has 0 aliphatic rings. The van der Waals surface area contributed by atoms with E-state index in [0.29, 0.717) is 15.2 Å². The van der Waals surface area contributed by atoms with Crippen LogP contribution in [0.25, 0.3) is 0 Å². The first kappa shape index (κ1) is 18.2. The number of anilines is 2. The standard InChI is InChI=1S/C15H19N5O2S2/c1-4-16-14-19-20-15(24-14)23-8-12(21)18-13(22)17-11-7-5-6-9(2)10(11)3/h5-7H,4,8H2,1-3H3,(H,16,19)(H2,17,18,21,22). The van der Waals surface area contributed by atoms with Crippen molar-refractivity contribution in [1.82, 2.24) is 15.5 Å². The Bertz CT molecular complexity index is 732. The number of rotatable bonds is 6. The minimum absolute atomic E-state index is 0.0982. The Morgan fingerprint density at radius 1 is 1.25 bits per heavy atom. The van der Waals surface area contributed by atoms with Crippen molar-refractivity contribution in [2.45, 2.75) is 25.1 Å². The van der Waals surface area contributed by atoms with E-state index in [1.54, 1.807) is 6.07 Å². The van der Waals surface area contributed by atoms with Crippen molar-refractivity contribution in [3.8, 4) is 0 Å². The Morgan fingerprint density at radius 3 is 2.79 bits per heavy atom. The zero-order valence-electron chi connectivity index (χ0n) is 13.7. The summed E-state index contributed by atoms with van der Waals surface area (Å²) in [4.78, 5) is 23.7. The van der Waals surface area contributed by atoms with Crippen LogP contribution in [0.5, 0.6) is 0 Å². The normalized spacial score (nSPS) is 10.3. The summed E-state index contributed by atoms with van der Waals surface area (Å²) in [7, 11) is 0. The van der Waals surface area contributed by atoms with Crippen molar-refractivity contribution in [2.24, 2.45) is 0 Å². The molecule has 0 fully saturated rings. The predicted octanol–water partition coefficient (Wildman–Crippen LogP) is 3.03. The van der Waals surface area contributed by atoms with E-state index in [1.165, 1.54) is 23.1 Å². The lowest BCUT2D eigenvalue weighted by molar-refractivity contribution is -0.117. The van der Waals surface area contributed by atoms with Crippen LogP contribution in [0.1, 0.15) is 18.1 Å². The Kier molecular flexibility index (Phi) is 6.56. The highest BCUT2D eigenvalue weighted by atomic mass is 32.2. The number of hydrogen-bond donors (Lipinski definition) is 3. The molecular weight excluding hydrogens is 346 g/mol. The van der Waals surface area contributed by atoms with E-state index in [2.05, 4.69) is 26.1 Å². The number of thioether (sulfide) groups is 1. The fourth-order valence-electron chi connectivity index (χ4n) is 1.82. The number of nitrogens with one attached hydrogen (secondary N) is 3. The van der Waals surface area contributed by atoms with E-state index in [4.69, 9.17) is 0 Å². The molecule has 0 radical (unpaired) electrons. The van der Waals surface area contributed by atoms with Gasteiger partial charge >= 0.3 is 6.03 Å². The third-order valence-corrected chi connectivity index (χ3v) is 5.18. The summed E-state index contributed by atoms with van der Waals surface area (Å²) in [5, 5.41) is 16.7. The van der Waals surface area contributed by atoms with Crippen molar-refractivity contribution >= 4 is 45.9 Å². The van der Waals surface area contributed by atoms with Crippen LogP contribution in [0.2, 0.25) is 0 Å². The number of aromatic nitrogens is 2. The van der Waals surface area contributed by atoms with Crippen LogP contribution in [0.15, 0.2) is 22.5 Å². The Balaban J connectivity index is 1.81. The van der Waals surface area contributed by atoms with Gasteiger partial charge in [-0.05, 0) is 38.0 Å². The summed E-state index contributed by atoms with van der Waals surface area (Å²) < 4.78 is 0.677. The number of carbonyl (C=O) groups is 2. The molecule has 128 valence electrons. The summed E-state index contributed by atoms with van der Waals surface area (Å²) >= 11 is 2.62. The second-order valence-corrected chi connectivity index (χ2v) is 7.14. The van der Waals surface area contributed by atoms with Gasteiger partial charge in [0, 0.05) is 12.2 Å². The van der Waals surface area contributed by atoms with E-state index >= 15 is 0 Å². The fraction of sp³-hybridized carbons (Fsp3) is 0.333. The fourth-order valence-corrected chi connectivity index (χ4v) is 3.44. The summed E-state index contributed by atoms with van der Waals surface area (Å²) in [5.74, 6) is -0.288. The minimum atomic E-state index is -0.542. The van der Waals surface area contributed by atoms with Crippen LogP contribution in [0.3, 0.4) is 0 Å². The van der Waals surface area contributed by atoms with Gasteiger partial charge in [-0.15, -0.1) is 10.2 Å². The van der Waals surface area contributed by atoms with Crippen LogP contribution >= 0.6 is 23.1 Å². The number of hydrogen-bond acceptors (Lipinski definition) is 7. The number of amides is 3. The number of imide groups is 1. The topological polar surface area (TPSA) is 96.0 Å². The number of urea groups is 1. The predicted molar refractivity (Wildman–Crippen MR) is 97.9 cm³/mol. The molecule has 1 heterocycles. The number of nitrogens with zero attached hydrogens (tertiary/aromatic N) is 2. The van der Waals surface area contributed by atoms with Crippen LogP contribution in [-0.2, 0) is 4.79 Å². The number of aryl methyl sites for hydroxylation is 1. The molecule has 1 aromatic carbocycles. The SMILES string of the molecule is CCNc1nnc(SCC(=O)NC(=O)Nc2cccc(C)c2C)s1. The molecule has 7 nitrogen and oxygen atoms in total. The van der Waals surface area contributed by atoms with Gasteiger partial charge in [0.05, 0.1) is 5.75 Å². The molecule has 0 unspecified atom stereocenters. The van der Waals surface area contributed by atoms with Crippen molar-refractivity contribution in [3.63, 3.8) is 0 Å². The molecule has 1 aromatic heterocycles. The van der Waals surface area contributed by atoms with E-state index < -0.39 is 6.03 Å².